The van der Waals surface area contributed by atoms with E-state index in [0.717, 1.165) is 22.6 Å². The molecular weight excluding hydrogens is 176 g/mol. The minimum Gasteiger partial charge on any atom is -0.385 e. The van der Waals surface area contributed by atoms with E-state index in [1.54, 1.807) is 0 Å². The van der Waals surface area contributed by atoms with Gasteiger partial charge in [-0.1, -0.05) is 6.07 Å². The first-order chi connectivity index (χ1) is 6.77. The molecule has 3 aromatic heterocycles. The van der Waals surface area contributed by atoms with Gasteiger partial charge >= 0.3 is 0 Å². The highest BCUT2D eigenvalue weighted by Crippen LogP contribution is 2.20. The zero-order valence-electron chi connectivity index (χ0n) is 7.81. The Labute approximate surface area is 80.6 Å². The van der Waals surface area contributed by atoms with Crippen LogP contribution in [-0.2, 0) is 7.05 Å². The number of imidazole rings is 1. The fourth-order valence-corrected chi connectivity index (χ4v) is 1.79. The predicted octanol–water partition coefficient (Wildman–Crippen LogP) is 1.41. The molecule has 0 atom stereocenters. The molecule has 0 bridgehead atoms. The number of anilines is 1. The van der Waals surface area contributed by atoms with Gasteiger partial charge in [0.05, 0.1) is 0 Å². The Bertz CT molecular complexity index is 617. The number of fused-ring (bicyclic) bond motifs is 3. The van der Waals surface area contributed by atoms with Crippen LogP contribution in [-0.4, -0.2) is 14.0 Å². The van der Waals surface area contributed by atoms with Crippen LogP contribution in [0.4, 0.5) is 5.82 Å². The lowest BCUT2D eigenvalue weighted by atomic mass is 10.5. The van der Waals surface area contributed by atoms with Gasteiger partial charge in [-0.3, -0.25) is 4.40 Å². The summed E-state index contributed by atoms with van der Waals surface area (Å²) in [5.41, 5.74) is 8.73. The zero-order chi connectivity index (χ0) is 9.71. The third-order valence-corrected chi connectivity index (χ3v) is 2.52. The number of nitrogens with two attached hydrogens (primary N) is 1. The summed E-state index contributed by atoms with van der Waals surface area (Å²) in [5.74, 6) is 0.737. The van der Waals surface area contributed by atoms with Crippen molar-refractivity contribution < 1.29 is 0 Å². The molecule has 3 aromatic rings. The van der Waals surface area contributed by atoms with Crippen molar-refractivity contribution in [3.63, 3.8) is 0 Å². The molecule has 0 saturated heterocycles. The number of nitrogen functional groups attached to an aromatic ring is 1. The van der Waals surface area contributed by atoms with Gasteiger partial charge in [0.15, 0.2) is 0 Å². The molecule has 0 amide bonds. The van der Waals surface area contributed by atoms with Gasteiger partial charge < -0.3 is 10.3 Å². The van der Waals surface area contributed by atoms with Crippen molar-refractivity contribution in [2.24, 2.45) is 7.05 Å². The maximum absolute atomic E-state index is 5.80. The molecule has 3 heterocycles. The van der Waals surface area contributed by atoms with Crippen molar-refractivity contribution in [1.29, 1.82) is 0 Å². The number of aromatic nitrogens is 3. The molecule has 14 heavy (non-hydrogen) atoms. The minimum atomic E-state index is 0.737. The molecule has 3 rings (SSSR count). The van der Waals surface area contributed by atoms with Crippen molar-refractivity contribution >= 4 is 22.6 Å². The molecular formula is C10H10N4. The maximum Gasteiger partial charge on any atom is 0.146 e. The Kier molecular flexibility index (Phi) is 1.21. The standard InChI is InChI=1S/C10H10N4/c1-13-8(11)6-7-10(13)14-5-3-2-4-9(14)12-7/h2-6H,11H2,1H3. The first kappa shape index (κ1) is 7.44. The largest absolute Gasteiger partial charge is 0.385 e. The topological polar surface area (TPSA) is 48.2 Å². The summed E-state index contributed by atoms with van der Waals surface area (Å²) in [5, 5.41) is 0. The second kappa shape index (κ2) is 2.29. The third kappa shape index (κ3) is 0.750. The number of hydrogen-bond acceptors (Lipinski definition) is 2. The smallest absolute Gasteiger partial charge is 0.146 e. The summed E-state index contributed by atoms with van der Waals surface area (Å²) in [6.07, 6.45) is 1.99. The second-order valence-corrected chi connectivity index (χ2v) is 3.38. The van der Waals surface area contributed by atoms with Crippen LogP contribution < -0.4 is 5.73 Å². The molecule has 0 aliphatic heterocycles. The van der Waals surface area contributed by atoms with Crippen molar-refractivity contribution in [2.45, 2.75) is 0 Å². The van der Waals surface area contributed by atoms with Gasteiger partial charge in [-0.2, -0.15) is 0 Å². The molecule has 0 aliphatic rings. The molecule has 4 nitrogen and oxygen atoms in total. The van der Waals surface area contributed by atoms with E-state index < -0.39 is 0 Å². The van der Waals surface area contributed by atoms with Gasteiger partial charge in [-0.25, -0.2) is 4.98 Å². The molecule has 4 heteroatoms. The van der Waals surface area contributed by atoms with E-state index in [4.69, 9.17) is 5.73 Å². The SMILES string of the molecule is Cn1c(N)cc2nc3ccccn3c21. The summed E-state index contributed by atoms with van der Waals surface area (Å²) in [6, 6.07) is 7.83. The summed E-state index contributed by atoms with van der Waals surface area (Å²) >= 11 is 0. The quantitative estimate of drug-likeness (QED) is 0.577. The number of hydrogen-bond donors (Lipinski definition) is 1. The van der Waals surface area contributed by atoms with E-state index in [9.17, 15) is 0 Å². The van der Waals surface area contributed by atoms with Gasteiger partial charge in [-0.15, -0.1) is 0 Å². The Morgan fingerprint density at radius 3 is 3.07 bits per heavy atom. The summed E-state index contributed by atoms with van der Waals surface area (Å²) in [7, 11) is 1.94. The van der Waals surface area contributed by atoms with Gasteiger partial charge in [-0.05, 0) is 12.1 Å². The van der Waals surface area contributed by atoms with Crippen molar-refractivity contribution in [3.05, 3.63) is 30.5 Å². The van der Waals surface area contributed by atoms with Gasteiger partial charge in [0.25, 0.3) is 0 Å². The summed E-state index contributed by atoms with van der Waals surface area (Å²) in [6.45, 7) is 0. The number of nitrogens with zero attached hydrogens (tertiary/aromatic N) is 3. The third-order valence-electron chi connectivity index (χ3n) is 2.52. The lowest BCUT2D eigenvalue weighted by Crippen LogP contribution is -1.97. The van der Waals surface area contributed by atoms with E-state index in [0.29, 0.717) is 0 Å². The van der Waals surface area contributed by atoms with E-state index in [2.05, 4.69) is 4.98 Å². The van der Waals surface area contributed by atoms with Gasteiger partial charge in [0, 0.05) is 19.3 Å². The molecule has 0 fully saturated rings. The van der Waals surface area contributed by atoms with Crippen LogP contribution in [0.3, 0.4) is 0 Å². The fraction of sp³-hybridized carbons (Fsp3) is 0.100. The van der Waals surface area contributed by atoms with Crippen LogP contribution >= 0.6 is 0 Å². The van der Waals surface area contributed by atoms with E-state index in [1.165, 1.54) is 0 Å². The van der Waals surface area contributed by atoms with Crippen molar-refractivity contribution in [1.82, 2.24) is 14.0 Å². The molecule has 0 radical (unpaired) electrons. The Balaban J connectivity index is 2.62. The van der Waals surface area contributed by atoms with Gasteiger partial charge in [0.1, 0.15) is 22.6 Å². The summed E-state index contributed by atoms with van der Waals surface area (Å²) in [4.78, 5) is 4.46. The van der Waals surface area contributed by atoms with E-state index in [-0.39, 0.29) is 0 Å². The van der Waals surface area contributed by atoms with Crippen LogP contribution in [0, 0.1) is 0 Å². The molecule has 0 spiro atoms. The Morgan fingerprint density at radius 1 is 1.36 bits per heavy atom. The highest BCUT2D eigenvalue weighted by atomic mass is 15.2. The number of aryl methyl sites for hydroxylation is 1. The summed E-state index contributed by atoms with van der Waals surface area (Å²) < 4.78 is 3.97. The molecule has 0 unspecified atom stereocenters. The van der Waals surface area contributed by atoms with Crippen LogP contribution in [0.15, 0.2) is 30.5 Å². The highest BCUT2D eigenvalue weighted by molar-refractivity contribution is 5.82. The van der Waals surface area contributed by atoms with Gasteiger partial charge in [0.2, 0.25) is 0 Å². The molecule has 0 aromatic carbocycles. The Hall–Kier alpha value is -1.97. The van der Waals surface area contributed by atoms with Crippen molar-refractivity contribution in [3.8, 4) is 0 Å². The average molecular weight is 186 g/mol. The molecule has 70 valence electrons. The van der Waals surface area contributed by atoms with Crippen LogP contribution in [0.25, 0.3) is 16.8 Å². The van der Waals surface area contributed by atoms with E-state index in [1.807, 2.05) is 46.5 Å². The minimum absolute atomic E-state index is 0.737. The maximum atomic E-state index is 5.80. The molecule has 0 aliphatic carbocycles. The lowest BCUT2D eigenvalue weighted by molar-refractivity contribution is 0.948. The monoisotopic (exact) mass is 186 g/mol. The first-order valence-electron chi connectivity index (χ1n) is 4.45. The van der Waals surface area contributed by atoms with Crippen molar-refractivity contribution in [2.75, 3.05) is 5.73 Å². The molecule has 0 saturated carbocycles. The second-order valence-electron chi connectivity index (χ2n) is 3.38. The number of pyridine rings is 1. The van der Waals surface area contributed by atoms with Crippen LogP contribution in [0.1, 0.15) is 0 Å². The average Bonchev–Trinajstić information content (AvgIpc) is 2.65. The van der Waals surface area contributed by atoms with Crippen LogP contribution in [0.5, 0.6) is 0 Å². The first-order valence-corrected chi connectivity index (χ1v) is 4.45. The zero-order valence-corrected chi connectivity index (χ0v) is 7.81. The lowest BCUT2D eigenvalue weighted by Gasteiger charge is -1.98. The number of rotatable bonds is 0. The van der Waals surface area contributed by atoms with Crippen LogP contribution in [0.2, 0.25) is 0 Å². The predicted molar refractivity (Wildman–Crippen MR) is 56.1 cm³/mol. The Morgan fingerprint density at radius 2 is 2.21 bits per heavy atom. The normalized spacial score (nSPS) is 11.5. The fourth-order valence-electron chi connectivity index (χ4n) is 1.79. The van der Waals surface area contributed by atoms with E-state index >= 15 is 0 Å². The molecule has 2 N–H and O–H groups in total. The highest BCUT2D eigenvalue weighted by Gasteiger charge is 2.09.